The van der Waals surface area contributed by atoms with Crippen molar-refractivity contribution in [2.75, 3.05) is 6.61 Å². The van der Waals surface area contributed by atoms with Crippen LogP contribution in [0.5, 0.6) is 17.5 Å². The van der Waals surface area contributed by atoms with Crippen LogP contribution in [-0.2, 0) is 20.1 Å². The van der Waals surface area contributed by atoms with E-state index < -0.39 is 11.2 Å². The SMILES string of the molecule is Cn1c(=O)n(CCCO)c(=O)c2c1nc(Oc1cccc([O-])c1)n2Cc1ccccc1. The van der Waals surface area contributed by atoms with Crippen molar-refractivity contribution in [3.05, 3.63) is 81.0 Å². The molecular formula is C22H21N4O5-. The molecule has 2 aromatic carbocycles. The van der Waals surface area contributed by atoms with Gasteiger partial charge in [0.05, 0.1) is 6.54 Å². The Morgan fingerprint density at radius 3 is 2.55 bits per heavy atom. The summed E-state index contributed by atoms with van der Waals surface area (Å²) in [5.41, 5.74) is 0.252. The van der Waals surface area contributed by atoms with E-state index in [1.54, 1.807) is 16.7 Å². The average molecular weight is 421 g/mol. The minimum Gasteiger partial charge on any atom is -0.872 e. The molecule has 0 saturated heterocycles. The molecule has 0 atom stereocenters. The van der Waals surface area contributed by atoms with Crippen molar-refractivity contribution in [2.24, 2.45) is 7.05 Å². The number of aliphatic hydroxyl groups is 1. The first-order chi connectivity index (χ1) is 15.0. The maximum Gasteiger partial charge on any atom is 0.332 e. The molecule has 9 heteroatoms. The first kappa shape index (κ1) is 20.4. The minimum absolute atomic E-state index is 0.0862. The van der Waals surface area contributed by atoms with Crippen LogP contribution in [0.4, 0.5) is 0 Å². The molecule has 0 unspecified atom stereocenters. The lowest BCUT2D eigenvalue weighted by molar-refractivity contribution is -0.268. The molecule has 4 aromatic rings. The number of hydrogen-bond donors (Lipinski definition) is 1. The number of benzene rings is 2. The van der Waals surface area contributed by atoms with Crippen LogP contribution in [0.15, 0.2) is 64.2 Å². The van der Waals surface area contributed by atoms with Gasteiger partial charge in [0.1, 0.15) is 5.75 Å². The zero-order chi connectivity index (χ0) is 22.0. The number of fused-ring (bicyclic) bond motifs is 1. The van der Waals surface area contributed by atoms with E-state index in [0.717, 1.165) is 10.1 Å². The highest BCUT2D eigenvalue weighted by Crippen LogP contribution is 2.26. The van der Waals surface area contributed by atoms with Crippen molar-refractivity contribution in [3.8, 4) is 17.5 Å². The van der Waals surface area contributed by atoms with Gasteiger partial charge in [-0.05, 0) is 24.1 Å². The zero-order valence-corrected chi connectivity index (χ0v) is 16.9. The average Bonchev–Trinajstić information content (AvgIpc) is 3.11. The number of aromatic nitrogens is 4. The lowest BCUT2D eigenvalue weighted by atomic mass is 10.2. The maximum atomic E-state index is 13.2. The number of ether oxygens (including phenoxy) is 1. The van der Waals surface area contributed by atoms with Crippen LogP contribution in [0, 0.1) is 0 Å². The first-order valence-corrected chi connectivity index (χ1v) is 9.79. The van der Waals surface area contributed by atoms with E-state index in [1.165, 1.54) is 23.7 Å². The van der Waals surface area contributed by atoms with E-state index in [4.69, 9.17) is 9.84 Å². The van der Waals surface area contributed by atoms with Gasteiger partial charge in [-0.2, -0.15) is 4.98 Å². The number of aliphatic hydroxyl groups excluding tert-OH is 1. The van der Waals surface area contributed by atoms with E-state index in [-0.39, 0.29) is 54.8 Å². The Hall–Kier alpha value is -3.85. The fourth-order valence-electron chi connectivity index (χ4n) is 3.41. The standard InChI is InChI=1S/C22H22N4O5/c1-24-19-18(20(29)25(22(24)30)11-6-12-27)26(14-15-7-3-2-4-8-15)21(23-19)31-17-10-5-9-16(28)13-17/h2-5,7-10,13,27-28H,6,11-12,14H2,1H3/p-1. The number of aryl methyl sites for hydroxylation is 1. The van der Waals surface area contributed by atoms with Crippen LogP contribution in [0.1, 0.15) is 12.0 Å². The van der Waals surface area contributed by atoms with Crippen molar-refractivity contribution >= 4 is 11.2 Å². The summed E-state index contributed by atoms with van der Waals surface area (Å²) in [6.45, 7) is 0.219. The second kappa shape index (κ2) is 8.49. The summed E-state index contributed by atoms with van der Waals surface area (Å²) in [7, 11) is 1.53. The Labute approximate surface area is 177 Å². The van der Waals surface area contributed by atoms with Gasteiger partial charge >= 0.3 is 11.7 Å². The molecular weight excluding hydrogens is 400 g/mol. The summed E-state index contributed by atoms with van der Waals surface area (Å²) >= 11 is 0. The molecule has 0 bridgehead atoms. The normalized spacial score (nSPS) is 11.2. The number of rotatable bonds is 7. The highest BCUT2D eigenvalue weighted by atomic mass is 16.5. The van der Waals surface area contributed by atoms with E-state index in [2.05, 4.69) is 4.98 Å². The molecule has 0 radical (unpaired) electrons. The van der Waals surface area contributed by atoms with Gasteiger partial charge in [-0.15, -0.1) is 5.75 Å². The first-order valence-electron chi connectivity index (χ1n) is 9.79. The van der Waals surface area contributed by atoms with Crippen molar-refractivity contribution in [3.63, 3.8) is 0 Å². The molecule has 0 saturated carbocycles. The third-order valence-electron chi connectivity index (χ3n) is 4.94. The van der Waals surface area contributed by atoms with Crippen molar-refractivity contribution in [2.45, 2.75) is 19.5 Å². The third-order valence-corrected chi connectivity index (χ3v) is 4.94. The van der Waals surface area contributed by atoms with Crippen molar-refractivity contribution < 1.29 is 14.9 Å². The highest BCUT2D eigenvalue weighted by Gasteiger charge is 2.21. The largest absolute Gasteiger partial charge is 0.872 e. The van der Waals surface area contributed by atoms with E-state index in [0.29, 0.717) is 0 Å². The van der Waals surface area contributed by atoms with Gasteiger partial charge in [-0.3, -0.25) is 18.5 Å². The van der Waals surface area contributed by atoms with Gasteiger partial charge in [0.2, 0.25) is 0 Å². The molecule has 2 aromatic heterocycles. The van der Waals surface area contributed by atoms with Crippen LogP contribution in [0.3, 0.4) is 0 Å². The van der Waals surface area contributed by atoms with Gasteiger partial charge < -0.3 is 14.9 Å². The van der Waals surface area contributed by atoms with Gasteiger partial charge in [0.25, 0.3) is 5.56 Å². The van der Waals surface area contributed by atoms with Crippen LogP contribution >= 0.6 is 0 Å². The molecule has 0 spiro atoms. The second-order valence-corrected chi connectivity index (χ2v) is 7.09. The second-order valence-electron chi connectivity index (χ2n) is 7.09. The van der Waals surface area contributed by atoms with Gasteiger partial charge in [-0.25, -0.2) is 4.79 Å². The number of nitrogens with zero attached hydrogens (tertiary/aromatic N) is 4. The molecule has 0 aliphatic carbocycles. The Kier molecular flexibility index (Phi) is 5.59. The number of hydrogen-bond acceptors (Lipinski definition) is 6. The molecule has 0 fully saturated rings. The summed E-state index contributed by atoms with van der Waals surface area (Å²) in [6.07, 6.45) is 0.271. The Bertz CT molecular complexity index is 1340. The summed E-state index contributed by atoms with van der Waals surface area (Å²) < 4.78 is 9.83. The predicted molar refractivity (Wildman–Crippen MR) is 112 cm³/mol. The molecule has 9 nitrogen and oxygen atoms in total. The van der Waals surface area contributed by atoms with Gasteiger partial charge in [0.15, 0.2) is 11.2 Å². The van der Waals surface area contributed by atoms with Crippen LogP contribution in [-0.4, -0.2) is 30.4 Å². The van der Waals surface area contributed by atoms with Crippen LogP contribution < -0.4 is 21.1 Å². The fraction of sp³-hybridized carbons (Fsp3) is 0.227. The van der Waals surface area contributed by atoms with E-state index >= 15 is 0 Å². The smallest absolute Gasteiger partial charge is 0.332 e. The summed E-state index contributed by atoms with van der Waals surface area (Å²) in [6, 6.07) is 15.5. The lowest BCUT2D eigenvalue weighted by Gasteiger charge is -2.12. The Balaban J connectivity index is 1.94. The quantitative estimate of drug-likeness (QED) is 0.480. The van der Waals surface area contributed by atoms with Gasteiger partial charge in [0, 0.05) is 20.2 Å². The fourth-order valence-corrected chi connectivity index (χ4v) is 3.41. The highest BCUT2D eigenvalue weighted by molar-refractivity contribution is 5.72. The molecule has 160 valence electrons. The molecule has 1 N–H and O–H groups in total. The zero-order valence-electron chi connectivity index (χ0n) is 16.9. The van der Waals surface area contributed by atoms with Crippen LogP contribution in [0.2, 0.25) is 0 Å². The topological polar surface area (TPSA) is 114 Å². The van der Waals surface area contributed by atoms with Crippen molar-refractivity contribution in [1.29, 1.82) is 0 Å². The van der Waals surface area contributed by atoms with Gasteiger partial charge in [-0.1, -0.05) is 42.5 Å². The maximum absolute atomic E-state index is 13.2. The van der Waals surface area contributed by atoms with E-state index in [1.807, 2.05) is 30.3 Å². The molecule has 0 amide bonds. The predicted octanol–water partition coefficient (Wildman–Crippen LogP) is 1.19. The van der Waals surface area contributed by atoms with Crippen molar-refractivity contribution in [1.82, 2.24) is 18.7 Å². The lowest BCUT2D eigenvalue weighted by Crippen LogP contribution is -2.39. The Morgan fingerprint density at radius 2 is 1.84 bits per heavy atom. The molecule has 0 aliphatic heterocycles. The minimum atomic E-state index is -0.525. The summed E-state index contributed by atoms with van der Waals surface area (Å²) in [4.78, 5) is 30.4. The van der Waals surface area contributed by atoms with E-state index in [9.17, 15) is 14.7 Å². The molecule has 31 heavy (non-hydrogen) atoms. The monoisotopic (exact) mass is 421 g/mol. The molecule has 4 rings (SSSR count). The van der Waals surface area contributed by atoms with Crippen LogP contribution in [0.25, 0.3) is 11.2 Å². The third kappa shape index (κ3) is 3.95. The summed E-state index contributed by atoms with van der Waals surface area (Å²) in [5.74, 6) is 0.0599. The molecule has 2 heterocycles. The molecule has 0 aliphatic rings. The summed E-state index contributed by atoms with van der Waals surface area (Å²) in [5, 5.41) is 20.8. The number of imidazole rings is 1. The Morgan fingerprint density at radius 1 is 1.06 bits per heavy atom.